The molecule has 1 fully saturated rings. The molecular weight excluding hydrogens is 222 g/mol. The highest BCUT2D eigenvalue weighted by atomic mass is 16.5. The molecule has 1 aliphatic rings. The molecule has 1 aromatic rings. The molecule has 1 saturated heterocycles. The van der Waals surface area contributed by atoms with Gasteiger partial charge in [-0.05, 0) is 17.9 Å². The maximum atomic E-state index is 5.87. The Morgan fingerprint density at radius 2 is 2.00 bits per heavy atom. The molecule has 1 aliphatic heterocycles. The highest BCUT2D eigenvalue weighted by molar-refractivity contribution is 5.18. The third-order valence-electron chi connectivity index (χ3n) is 3.82. The van der Waals surface area contributed by atoms with E-state index in [0.29, 0.717) is 0 Å². The smallest absolute Gasteiger partial charge is 0.0857 e. The largest absolute Gasteiger partial charge is 0.377 e. The lowest BCUT2D eigenvalue weighted by atomic mass is 9.93. The summed E-state index contributed by atoms with van der Waals surface area (Å²) in [6, 6.07) is 10.7. The third kappa shape index (κ3) is 3.33. The first-order valence-corrected chi connectivity index (χ1v) is 6.95. The van der Waals surface area contributed by atoms with Crippen molar-refractivity contribution in [1.82, 2.24) is 4.90 Å². The zero-order valence-corrected chi connectivity index (χ0v) is 11.9. The Labute approximate surface area is 111 Å². The lowest BCUT2D eigenvalue weighted by Crippen LogP contribution is -2.38. The lowest BCUT2D eigenvalue weighted by Gasteiger charge is -2.28. The zero-order valence-electron chi connectivity index (χ0n) is 11.9. The molecule has 0 aliphatic carbocycles. The lowest BCUT2D eigenvalue weighted by molar-refractivity contribution is -0.00178. The maximum absolute atomic E-state index is 5.87. The molecule has 2 nitrogen and oxygen atoms in total. The predicted octanol–water partition coefficient (Wildman–Crippen LogP) is 2.98. The topological polar surface area (TPSA) is 12.5 Å². The molecule has 0 amide bonds. The van der Waals surface area contributed by atoms with Gasteiger partial charge in [-0.25, -0.2) is 0 Å². The summed E-state index contributed by atoms with van der Waals surface area (Å²) in [5, 5.41) is 0. The number of nitrogens with zero attached hydrogens (tertiary/aromatic N) is 1. The van der Waals surface area contributed by atoms with Gasteiger partial charge in [0.05, 0.1) is 5.60 Å². The van der Waals surface area contributed by atoms with Gasteiger partial charge in [0.1, 0.15) is 0 Å². The summed E-state index contributed by atoms with van der Waals surface area (Å²) in [4.78, 5) is 2.54. The molecule has 0 saturated carbocycles. The highest BCUT2D eigenvalue weighted by Crippen LogP contribution is 2.29. The number of methoxy groups -OCH3 is 1. The third-order valence-corrected chi connectivity index (χ3v) is 3.82. The second kappa shape index (κ2) is 5.85. The average Bonchev–Trinajstić information content (AvgIpc) is 2.73. The molecule has 0 radical (unpaired) electrons. The van der Waals surface area contributed by atoms with Crippen LogP contribution in [0.3, 0.4) is 0 Å². The van der Waals surface area contributed by atoms with Gasteiger partial charge >= 0.3 is 0 Å². The molecule has 2 rings (SSSR count). The van der Waals surface area contributed by atoms with Crippen molar-refractivity contribution in [1.29, 1.82) is 0 Å². The standard InChI is InChI=1S/C16H25NO/c1-14(2)12-17-10-9-16(13-17,18-3)11-15-7-5-4-6-8-15/h4-8,14H,9-13H2,1-3H3. The minimum atomic E-state index is 0.0241. The van der Waals surface area contributed by atoms with E-state index < -0.39 is 0 Å². The van der Waals surface area contributed by atoms with E-state index >= 15 is 0 Å². The van der Waals surface area contributed by atoms with Crippen LogP contribution in [0.25, 0.3) is 0 Å². The fraction of sp³-hybridized carbons (Fsp3) is 0.625. The molecule has 0 aromatic heterocycles. The van der Waals surface area contributed by atoms with Crippen molar-refractivity contribution in [3.05, 3.63) is 35.9 Å². The molecular formula is C16H25NO. The Bertz CT molecular complexity index is 363. The Balaban J connectivity index is 2.00. The second-order valence-electron chi connectivity index (χ2n) is 5.93. The number of hydrogen-bond donors (Lipinski definition) is 0. The van der Waals surface area contributed by atoms with Crippen molar-refractivity contribution in [3.8, 4) is 0 Å². The predicted molar refractivity (Wildman–Crippen MR) is 75.8 cm³/mol. The minimum absolute atomic E-state index is 0.0241. The van der Waals surface area contributed by atoms with Crippen LogP contribution in [0.15, 0.2) is 30.3 Å². The van der Waals surface area contributed by atoms with Gasteiger partial charge in [0.2, 0.25) is 0 Å². The van der Waals surface area contributed by atoms with Gasteiger partial charge in [-0.2, -0.15) is 0 Å². The first kappa shape index (κ1) is 13.6. The first-order chi connectivity index (χ1) is 8.63. The molecule has 1 atom stereocenters. The Hall–Kier alpha value is -0.860. The molecule has 2 heteroatoms. The van der Waals surface area contributed by atoms with E-state index in [4.69, 9.17) is 4.74 Å². The van der Waals surface area contributed by atoms with Gasteiger partial charge in [-0.1, -0.05) is 44.2 Å². The molecule has 1 unspecified atom stereocenters. The van der Waals surface area contributed by atoms with Gasteiger partial charge in [-0.15, -0.1) is 0 Å². The first-order valence-electron chi connectivity index (χ1n) is 6.95. The normalized spacial score (nSPS) is 24.9. The summed E-state index contributed by atoms with van der Waals surface area (Å²) in [6.45, 7) is 7.98. The number of benzene rings is 1. The van der Waals surface area contributed by atoms with Crippen LogP contribution >= 0.6 is 0 Å². The van der Waals surface area contributed by atoms with Crippen molar-refractivity contribution >= 4 is 0 Å². The fourth-order valence-corrected chi connectivity index (χ4v) is 2.95. The van der Waals surface area contributed by atoms with Gasteiger partial charge in [0.25, 0.3) is 0 Å². The van der Waals surface area contributed by atoms with Crippen LogP contribution in [0.1, 0.15) is 25.8 Å². The van der Waals surface area contributed by atoms with Crippen LogP contribution in [-0.4, -0.2) is 37.2 Å². The van der Waals surface area contributed by atoms with Crippen molar-refractivity contribution < 1.29 is 4.74 Å². The summed E-state index contributed by atoms with van der Waals surface area (Å²) >= 11 is 0. The highest BCUT2D eigenvalue weighted by Gasteiger charge is 2.38. The maximum Gasteiger partial charge on any atom is 0.0857 e. The minimum Gasteiger partial charge on any atom is -0.377 e. The molecule has 1 aromatic carbocycles. The van der Waals surface area contributed by atoms with Gasteiger partial charge < -0.3 is 9.64 Å². The van der Waals surface area contributed by atoms with Crippen molar-refractivity contribution in [2.24, 2.45) is 5.92 Å². The molecule has 18 heavy (non-hydrogen) atoms. The number of hydrogen-bond acceptors (Lipinski definition) is 2. The Morgan fingerprint density at radius 3 is 2.61 bits per heavy atom. The Kier molecular flexibility index (Phi) is 4.41. The van der Waals surface area contributed by atoms with Crippen LogP contribution < -0.4 is 0 Å². The molecule has 0 spiro atoms. The SMILES string of the molecule is COC1(Cc2ccccc2)CCN(CC(C)C)C1. The average molecular weight is 247 g/mol. The van der Waals surface area contributed by atoms with Crippen molar-refractivity contribution in [2.75, 3.05) is 26.7 Å². The zero-order chi connectivity index (χ0) is 13.0. The van der Waals surface area contributed by atoms with Crippen molar-refractivity contribution in [2.45, 2.75) is 32.3 Å². The summed E-state index contributed by atoms with van der Waals surface area (Å²) in [7, 11) is 1.86. The molecule has 0 bridgehead atoms. The van der Waals surface area contributed by atoms with Crippen LogP contribution in [0.4, 0.5) is 0 Å². The van der Waals surface area contributed by atoms with E-state index in [1.807, 2.05) is 7.11 Å². The van der Waals surface area contributed by atoms with E-state index in [1.54, 1.807) is 0 Å². The van der Waals surface area contributed by atoms with Crippen LogP contribution in [0.2, 0.25) is 0 Å². The van der Waals surface area contributed by atoms with Crippen LogP contribution in [0, 0.1) is 5.92 Å². The van der Waals surface area contributed by atoms with E-state index in [0.717, 1.165) is 25.3 Å². The summed E-state index contributed by atoms with van der Waals surface area (Å²) in [6.07, 6.45) is 2.17. The molecule has 100 valence electrons. The molecule has 1 heterocycles. The second-order valence-corrected chi connectivity index (χ2v) is 5.93. The van der Waals surface area contributed by atoms with E-state index in [2.05, 4.69) is 49.1 Å². The van der Waals surface area contributed by atoms with Gasteiger partial charge in [0, 0.05) is 33.2 Å². The fourth-order valence-electron chi connectivity index (χ4n) is 2.95. The quantitative estimate of drug-likeness (QED) is 0.793. The van der Waals surface area contributed by atoms with Crippen molar-refractivity contribution in [3.63, 3.8) is 0 Å². The number of likely N-dealkylation sites (tertiary alicyclic amines) is 1. The van der Waals surface area contributed by atoms with Crippen LogP contribution in [0.5, 0.6) is 0 Å². The summed E-state index contributed by atoms with van der Waals surface area (Å²) < 4.78 is 5.87. The van der Waals surface area contributed by atoms with Gasteiger partial charge in [0.15, 0.2) is 0 Å². The van der Waals surface area contributed by atoms with E-state index in [-0.39, 0.29) is 5.60 Å². The Morgan fingerprint density at radius 1 is 1.28 bits per heavy atom. The number of rotatable bonds is 5. The summed E-state index contributed by atoms with van der Waals surface area (Å²) in [5.41, 5.74) is 1.40. The number of ether oxygens (including phenoxy) is 1. The molecule has 0 N–H and O–H groups in total. The van der Waals surface area contributed by atoms with E-state index in [9.17, 15) is 0 Å². The monoisotopic (exact) mass is 247 g/mol. The van der Waals surface area contributed by atoms with E-state index in [1.165, 1.54) is 18.7 Å². The van der Waals surface area contributed by atoms with Crippen LogP contribution in [-0.2, 0) is 11.2 Å². The van der Waals surface area contributed by atoms with Gasteiger partial charge in [-0.3, -0.25) is 0 Å². The summed E-state index contributed by atoms with van der Waals surface area (Å²) in [5.74, 6) is 0.731.